The lowest BCUT2D eigenvalue weighted by atomic mass is 10.1. The van der Waals surface area contributed by atoms with Crippen LogP contribution in [0.5, 0.6) is 0 Å². The van der Waals surface area contributed by atoms with Crippen molar-refractivity contribution in [1.29, 1.82) is 0 Å². The summed E-state index contributed by atoms with van der Waals surface area (Å²) < 4.78 is 5.32. The fraction of sp³-hybridized carbons (Fsp3) is 0.136. The summed E-state index contributed by atoms with van der Waals surface area (Å²) in [7, 11) is 0. The van der Waals surface area contributed by atoms with E-state index in [2.05, 4.69) is 15.5 Å². The molecular formula is C22H19N3O2S. The van der Waals surface area contributed by atoms with Crippen molar-refractivity contribution < 1.29 is 9.32 Å². The van der Waals surface area contributed by atoms with Crippen LogP contribution < -0.4 is 5.32 Å². The normalized spacial score (nSPS) is 11.9. The minimum atomic E-state index is -0.271. The zero-order chi connectivity index (χ0) is 19.5. The van der Waals surface area contributed by atoms with Gasteiger partial charge in [0.15, 0.2) is 11.5 Å². The van der Waals surface area contributed by atoms with Crippen LogP contribution in [0.3, 0.4) is 0 Å². The van der Waals surface area contributed by atoms with E-state index in [1.807, 2.05) is 74.5 Å². The van der Waals surface area contributed by atoms with E-state index in [1.165, 1.54) is 0 Å². The molecule has 0 saturated carbocycles. The third kappa shape index (κ3) is 3.73. The van der Waals surface area contributed by atoms with Gasteiger partial charge in [-0.2, -0.15) is 0 Å². The highest BCUT2D eigenvalue weighted by Gasteiger charge is 2.20. The van der Waals surface area contributed by atoms with E-state index in [4.69, 9.17) is 4.52 Å². The largest absolute Gasteiger partial charge is 0.355 e. The van der Waals surface area contributed by atoms with Gasteiger partial charge >= 0.3 is 0 Å². The molecule has 28 heavy (non-hydrogen) atoms. The highest BCUT2D eigenvalue weighted by atomic mass is 32.1. The van der Waals surface area contributed by atoms with Crippen molar-refractivity contribution >= 4 is 17.2 Å². The summed E-state index contributed by atoms with van der Waals surface area (Å²) >= 11 is 1.59. The van der Waals surface area contributed by atoms with Gasteiger partial charge in [0.25, 0.3) is 5.91 Å². The molecule has 0 radical (unpaired) electrons. The van der Waals surface area contributed by atoms with E-state index in [1.54, 1.807) is 17.4 Å². The van der Waals surface area contributed by atoms with Gasteiger partial charge in [-0.25, -0.2) is 4.98 Å². The van der Waals surface area contributed by atoms with Crippen LogP contribution in [-0.4, -0.2) is 16.0 Å². The SMILES string of the molecule is Cc1nc(-c2ccccc2)sc1C(C)NC(=O)c1cc(-c2ccccc2)on1. The summed E-state index contributed by atoms with van der Waals surface area (Å²) in [4.78, 5) is 18.3. The van der Waals surface area contributed by atoms with Gasteiger partial charge in [-0.15, -0.1) is 11.3 Å². The molecule has 2 heterocycles. The van der Waals surface area contributed by atoms with Crippen molar-refractivity contribution in [2.75, 3.05) is 0 Å². The summed E-state index contributed by atoms with van der Waals surface area (Å²) in [6, 6.07) is 21.1. The van der Waals surface area contributed by atoms with Gasteiger partial charge < -0.3 is 9.84 Å². The van der Waals surface area contributed by atoms with Gasteiger partial charge in [-0.3, -0.25) is 4.79 Å². The van der Waals surface area contributed by atoms with Gasteiger partial charge in [0.05, 0.1) is 16.6 Å². The average molecular weight is 389 g/mol. The summed E-state index contributed by atoms with van der Waals surface area (Å²) in [5, 5.41) is 7.85. The molecule has 6 heteroatoms. The Hall–Kier alpha value is -3.25. The molecule has 1 atom stereocenters. The van der Waals surface area contributed by atoms with Crippen LogP contribution in [0.25, 0.3) is 21.9 Å². The lowest BCUT2D eigenvalue weighted by molar-refractivity contribution is 0.0931. The second kappa shape index (κ2) is 7.78. The fourth-order valence-corrected chi connectivity index (χ4v) is 4.04. The molecule has 0 spiro atoms. The maximum Gasteiger partial charge on any atom is 0.273 e. The summed E-state index contributed by atoms with van der Waals surface area (Å²) in [5.41, 5.74) is 3.13. The molecule has 1 unspecified atom stereocenters. The molecule has 4 aromatic rings. The van der Waals surface area contributed by atoms with Crippen molar-refractivity contribution in [3.8, 4) is 21.9 Å². The molecule has 140 valence electrons. The number of rotatable bonds is 5. The van der Waals surface area contributed by atoms with Gasteiger partial charge in [0.1, 0.15) is 5.01 Å². The Labute approximate surface area is 167 Å². The maximum absolute atomic E-state index is 12.6. The predicted octanol–water partition coefficient (Wildman–Crippen LogP) is 5.26. The number of hydrogen-bond donors (Lipinski definition) is 1. The van der Waals surface area contributed by atoms with Gasteiger partial charge in [0.2, 0.25) is 0 Å². The van der Waals surface area contributed by atoms with Gasteiger partial charge in [-0.05, 0) is 13.8 Å². The Bertz CT molecular complexity index is 1090. The number of aromatic nitrogens is 2. The van der Waals surface area contributed by atoms with Crippen molar-refractivity contribution in [2.45, 2.75) is 19.9 Å². The molecule has 2 aromatic heterocycles. The first-order valence-corrected chi connectivity index (χ1v) is 9.79. The molecule has 0 fully saturated rings. The van der Waals surface area contributed by atoms with Crippen LogP contribution in [0, 0.1) is 6.92 Å². The first kappa shape index (κ1) is 18.1. The molecule has 4 rings (SSSR count). The second-order valence-corrected chi connectivity index (χ2v) is 7.50. The minimum Gasteiger partial charge on any atom is -0.355 e. The molecule has 2 aromatic carbocycles. The van der Waals surface area contributed by atoms with E-state index in [0.717, 1.165) is 26.7 Å². The molecule has 0 aliphatic heterocycles. The number of carbonyl (C=O) groups is 1. The monoisotopic (exact) mass is 389 g/mol. The van der Waals surface area contributed by atoms with Crippen LogP contribution >= 0.6 is 11.3 Å². The topological polar surface area (TPSA) is 68.0 Å². The molecule has 1 amide bonds. The lowest BCUT2D eigenvalue weighted by Gasteiger charge is -2.11. The highest BCUT2D eigenvalue weighted by molar-refractivity contribution is 7.15. The van der Waals surface area contributed by atoms with Crippen molar-refractivity contribution in [1.82, 2.24) is 15.5 Å². The number of carbonyl (C=O) groups excluding carboxylic acids is 1. The van der Waals surface area contributed by atoms with Crippen LogP contribution in [0.1, 0.15) is 34.0 Å². The second-order valence-electron chi connectivity index (χ2n) is 6.47. The lowest BCUT2D eigenvalue weighted by Crippen LogP contribution is -2.26. The highest BCUT2D eigenvalue weighted by Crippen LogP contribution is 2.31. The minimum absolute atomic E-state index is 0.181. The molecular weight excluding hydrogens is 370 g/mol. The van der Waals surface area contributed by atoms with Crippen LogP contribution in [-0.2, 0) is 0 Å². The maximum atomic E-state index is 12.6. The van der Waals surface area contributed by atoms with E-state index in [0.29, 0.717) is 5.76 Å². The number of nitrogens with one attached hydrogen (secondary N) is 1. The summed E-state index contributed by atoms with van der Waals surface area (Å²) in [6.07, 6.45) is 0. The van der Waals surface area contributed by atoms with Crippen LogP contribution in [0.4, 0.5) is 0 Å². The third-order valence-electron chi connectivity index (χ3n) is 4.40. The van der Waals surface area contributed by atoms with Crippen LogP contribution in [0.15, 0.2) is 71.3 Å². The molecule has 0 aliphatic rings. The van der Waals surface area contributed by atoms with E-state index >= 15 is 0 Å². The first-order chi connectivity index (χ1) is 13.6. The smallest absolute Gasteiger partial charge is 0.273 e. The third-order valence-corrected chi connectivity index (χ3v) is 5.78. The summed E-state index contributed by atoms with van der Waals surface area (Å²) in [6.45, 7) is 3.91. The predicted molar refractivity (Wildman–Crippen MR) is 110 cm³/mol. The van der Waals surface area contributed by atoms with Crippen molar-refractivity contribution in [3.63, 3.8) is 0 Å². The quantitative estimate of drug-likeness (QED) is 0.505. The fourth-order valence-electron chi connectivity index (χ4n) is 2.97. The van der Waals surface area contributed by atoms with Crippen molar-refractivity contribution in [3.05, 3.63) is 83.0 Å². The number of nitrogens with zero attached hydrogens (tertiary/aromatic N) is 2. The van der Waals surface area contributed by atoms with Crippen LogP contribution in [0.2, 0.25) is 0 Å². The Balaban J connectivity index is 1.50. The molecule has 1 N–H and O–H groups in total. The van der Waals surface area contributed by atoms with E-state index < -0.39 is 0 Å². The van der Waals surface area contributed by atoms with E-state index in [9.17, 15) is 4.79 Å². The standard InChI is InChI=1S/C22H19N3O2S/c1-14(20-15(2)24-22(28-20)17-11-7-4-8-12-17)23-21(26)18-13-19(27-25-18)16-9-5-3-6-10-16/h3-14H,1-2H3,(H,23,26). The Morgan fingerprint density at radius 2 is 1.68 bits per heavy atom. The number of aryl methyl sites for hydroxylation is 1. The number of hydrogen-bond acceptors (Lipinski definition) is 5. The zero-order valence-electron chi connectivity index (χ0n) is 15.5. The number of thiazole rings is 1. The first-order valence-electron chi connectivity index (χ1n) is 8.97. The number of amides is 1. The molecule has 0 saturated heterocycles. The Morgan fingerprint density at radius 3 is 2.36 bits per heavy atom. The molecule has 0 bridgehead atoms. The summed E-state index contributed by atoms with van der Waals surface area (Å²) in [5.74, 6) is 0.297. The molecule has 5 nitrogen and oxygen atoms in total. The van der Waals surface area contributed by atoms with Gasteiger partial charge in [0, 0.05) is 17.2 Å². The molecule has 0 aliphatic carbocycles. The van der Waals surface area contributed by atoms with Crippen molar-refractivity contribution in [2.24, 2.45) is 0 Å². The number of benzene rings is 2. The van der Waals surface area contributed by atoms with E-state index in [-0.39, 0.29) is 17.6 Å². The Morgan fingerprint density at radius 1 is 1.04 bits per heavy atom. The van der Waals surface area contributed by atoms with Gasteiger partial charge in [-0.1, -0.05) is 65.8 Å². The zero-order valence-corrected chi connectivity index (χ0v) is 16.4. The average Bonchev–Trinajstić information content (AvgIpc) is 3.36. The Kier molecular flexibility index (Phi) is 5.04.